The van der Waals surface area contributed by atoms with Crippen molar-refractivity contribution in [1.82, 2.24) is 15.0 Å². The summed E-state index contributed by atoms with van der Waals surface area (Å²) >= 11 is 1.46. The second kappa shape index (κ2) is 6.71. The lowest BCUT2D eigenvalue weighted by atomic mass is 10.1. The Labute approximate surface area is 154 Å². The van der Waals surface area contributed by atoms with Gasteiger partial charge in [-0.15, -0.1) is 11.3 Å². The van der Waals surface area contributed by atoms with E-state index in [0.717, 1.165) is 23.7 Å². The van der Waals surface area contributed by atoms with Gasteiger partial charge in [0.05, 0.1) is 17.5 Å². The van der Waals surface area contributed by atoms with E-state index in [-0.39, 0.29) is 6.10 Å². The lowest BCUT2D eigenvalue weighted by Gasteiger charge is -2.18. The van der Waals surface area contributed by atoms with Crippen LogP contribution in [0.4, 0.5) is 11.4 Å². The molecule has 0 radical (unpaired) electrons. The van der Waals surface area contributed by atoms with Crippen molar-refractivity contribution in [3.8, 4) is 28.2 Å². The number of β-amino-alcohol motifs (C(OH)–C–C–N with tert-alkyl or cyclic N) is 1. The topological polar surface area (TPSA) is 112 Å². The summed E-state index contributed by atoms with van der Waals surface area (Å²) in [4.78, 5) is 15.4. The van der Waals surface area contributed by atoms with Crippen molar-refractivity contribution in [2.24, 2.45) is 0 Å². The first-order chi connectivity index (χ1) is 12.7. The van der Waals surface area contributed by atoms with Gasteiger partial charge in [-0.3, -0.25) is 4.98 Å². The predicted molar refractivity (Wildman–Crippen MR) is 101 cm³/mol. The number of nitrogens with zero attached hydrogens (tertiary/aromatic N) is 5. The number of nitrogens with two attached hydrogens (primary N) is 1. The number of rotatable bonds is 3. The SMILES string of the molecule is N#Cc1c(N)cc(-c2nccs2)nc1-c1cc(N2CC[C@@H](O)C2)ccn1. The van der Waals surface area contributed by atoms with Gasteiger partial charge in [-0.25, -0.2) is 9.97 Å². The van der Waals surface area contributed by atoms with E-state index in [1.165, 1.54) is 11.3 Å². The first-order valence-corrected chi connectivity index (χ1v) is 9.03. The normalized spacial score (nSPS) is 16.6. The smallest absolute Gasteiger partial charge is 0.141 e. The highest BCUT2D eigenvalue weighted by atomic mass is 32.1. The van der Waals surface area contributed by atoms with E-state index in [0.29, 0.717) is 34.9 Å². The fraction of sp³-hybridized carbons (Fsp3) is 0.222. The summed E-state index contributed by atoms with van der Waals surface area (Å²) in [6.45, 7) is 1.37. The second-order valence-electron chi connectivity index (χ2n) is 6.06. The average molecular weight is 364 g/mol. The van der Waals surface area contributed by atoms with E-state index in [2.05, 4.69) is 25.9 Å². The Balaban J connectivity index is 1.81. The van der Waals surface area contributed by atoms with Gasteiger partial charge >= 0.3 is 0 Å². The minimum atomic E-state index is -0.316. The number of anilines is 2. The Morgan fingerprint density at radius 2 is 2.15 bits per heavy atom. The largest absolute Gasteiger partial charge is 0.398 e. The molecule has 3 aromatic heterocycles. The molecule has 0 bridgehead atoms. The zero-order valence-electron chi connectivity index (χ0n) is 13.8. The molecule has 130 valence electrons. The summed E-state index contributed by atoms with van der Waals surface area (Å²) in [6, 6.07) is 7.57. The number of aromatic nitrogens is 3. The van der Waals surface area contributed by atoms with Gasteiger partial charge in [-0.05, 0) is 24.6 Å². The van der Waals surface area contributed by atoms with Gasteiger partial charge < -0.3 is 15.7 Å². The average Bonchev–Trinajstić information content (AvgIpc) is 3.33. The van der Waals surface area contributed by atoms with Crippen LogP contribution >= 0.6 is 11.3 Å². The summed E-state index contributed by atoms with van der Waals surface area (Å²) in [5.74, 6) is 0. The first kappa shape index (κ1) is 16.4. The minimum absolute atomic E-state index is 0.302. The standard InChI is InChI=1S/C18H16N6OS/c19-9-13-14(20)8-16(18-22-4-6-26-18)23-17(13)15-7-11(1-3-21-15)24-5-2-12(25)10-24/h1,3-4,6-8,12,25H,2,5,10H2,(H2,20,23)/t12-/m1/s1. The third kappa shape index (κ3) is 2.98. The van der Waals surface area contributed by atoms with Gasteiger partial charge in [0.15, 0.2) is 0 Å². The van der Waals surface area contributed by atoms with E-state index in [1.807, 2.05) is 17.5 Å². The maximum Gasteiger partial charge on any atom is 0.141 e. The van der Waals surface area contributed by atoms with Crippen LogP contribution in [0, 0.1) is 11.3 Å². The lowest BCUT2D eigenvalue weighted by Crippen LogP contribution is -2.21. The Hall–Kier alpha value is -3.02. The van der Waals surface area contributed by atoms with E-state index in [4.69, 9.17) is 5.73 Å². The van der Waals surface area contributed by atoms with E-state index < -0.39 is 0 Å². The van der Waals surface area contributed by atoms with Gasteiger partial charge in [0.2, 0.25) is 0 Å². The molecule has 0 amide bonds. The second-order valence-corrected chi connectivity index (χ2v) is 6.95. The minimum Gasteiger partial charge on any atom is -0.398 e. The number of hydrogen-bond acceptors (Lipinski definition) is 8. The molecule has 4 heterocycles. The molecule has 0 aliphatic carbocycles. The highest BCUT2D eigenvalue weighted by Gasteiger charge is 2.22. The van der Waals surface area contributed by atoms with Crippen molar-refractivity contribution in [1.29, 1.82) is 5.26 Å². The van der Waals surface area contributed by atoms with Crippen LogP contribution in [0.15, 0.2) is 36.0 Å². The summed E-state index contributed by atoms with van der Waals surface area (Å²) in [5, 5.41) is 21.9. The van der Waals surface area contributed by atoms with Gasteiger partial charge in [0, 0.05) is 36.6 Å². The number of aliphatic hydroxyl groups is 1. The molecule has 7 nitrogen and oxygen atoms in total. The predicted octanol–water partition coefficient (Wildman–Crippen LogP) is 2.29. The van der Waals surface area contributed by atoms with Crippen molar-refractivity contribution in [2.75, 3.05) is 23.7 Å². The molecule has 0 spiro atoms. The van der Waals surface area contributed by atoms with Crippen LogP contribution in [0.5, 0.6) is 0 Å². The lowest BCUT2D eigenvalue weighted by molar-refractivity contribution is 0.198. The van der Waals surface area contributed by atoms with E-state index >= 15 is 0 Å². The van der Waals surface area contributed by atoms with Crippen molar-refractivity contribution < 1.29 is 5.11 Å². The highest BCUT2D eigenvalue weighted by Crippen LogP contribution is 2.32. The molecule has 1 aliphatic rings. The van der Waals surface area contributed by atoms with Crippen LogP contribution < -0.4 is 10.6 Å². The van der Waals surface area contributed by atoms with Crippen LogP contribution in [-0.2, 0) is 0 Å². The molecular formula is C18H16N6OS. The van der Waals surface area contributed by atoms with Gasteiger partial charge in [0.25, 0.3) is 0 Å². The summed E-state index contributed by atoms with van der Waals surface area (Å²) in [6.07, 6.45) is 3.81. The van der Waals surface area contributed by atoms with Crippen LogP contribution in [0.3, 0.4) is 0 Å². The number of nitriles is 1. The third-order valence-electron chi connectivity index (χ3n) is 4.33. The van der Waals surface area contributed by atoms with Gasteiger partial charge in [-0.2, -0.15) is 5.26 Å². The molecule has 26 heavy (non-hydrogen) atoms. The maximum absolute atomic E-state index is 9.77. The van der Waals surface area contributed by atoms with Crippen LogP contribution in [-0.4, -0.2) is 39.3 Å². The Kier molecular flexibility index (Phi) is 4.24. The van der Waals surface area contributed by atoms with Crippen LogP contribution in [0.2, 0.25) is 0 Å². The Morgan fingerprint density at radius 3 is 2.85 bits per heavy atom. The number of pyridine rings is 2. The Morgan fingerprint density at radius 1 is 1.27 bits per heavy atom. The number of hydrogen-bond donors (Lipinski definition) is 2. The maximum atomic E-state index is 9.77. The Bertz CT molecular complexity index is 982. The fourth-order valence-corrected chi connectivity index (χ4v) is 3.65. The molecule has 4 rings (SSSR count). The molecule has 3 N–H and O–H groups in total. The number of nitrogen functional groups attached to an aromatic ring is 1. The molecule has 0 aromatic carbocycles. The quantitative estimate of drug-likeness (QED) is 0.733. The zero-order valence-corrected chi connectivity index (χ0v) is 14.6. The molecule has 1 fully saturated rings. The van der Waals surface area contributed by atoms with E-state index in [9.17, 15) is 10.4 Å². The third-order valence-corrected chi connectivity index (χ3v) is 5.12. The van der Waals surface area contributed by atoms with Crippen LogP contribution in [0.1, 0.15) is 12.0 Å². The summed E-state index contributed by atoms with van der Waals surface area (Å²) in [5.41, 5.74) is 9.33. The van der Waals surface area contributed by atoms with Crippen molar-refractivity contribution in [2.45, 2.75) is 12.5 Å². The first-order valence-electron chi connectivity index (χ1n) is 8.15. The fourth-order valence-electron chi connectivity index (χ4n) is 3.05. The highest BCUT2D eigenvalue weighted by molar-refractivity contribution is 7.13. The molecule has 0 saturated carbocycles. The van der Waals surface area contributed by atoms with Gasteiger partial charge in [0.1, 0.15) is 28.0 Å². The molecule has 1 aliphatic heterocycles. The van der Waals surface area contributed by atoms with Crippen molar-refractivity contribution in [3.05, 3.63) is 41.5 Å². The molecular weight excluding hydrogens is 348 g/mol. The molecule has 3 aromatic rings. The summed E-state index contributed by atoms with van der Waals surface area (Å²) in [7, 11) is 0. The van der Waals surface area contributed by atoms with Crippen LogP contribution in [0.25, 0.3) is 22.1 Å². The zero-order chi connectivity index (χ0) is 18.1. The monoisotopic (exact) mass is 364 g/mol. The van der Waals surface area contributed by atoms with Crippen molar-refractivity contribution in [3.63, 3.8) is 0 Å². The summed E-state index contributed by atoms with van der Waals surface area (Å²) < 4.78 is 0. The molecule has 8 heteroatoms. The molecule has 1 atom stereocenters. The number of thiazole rings is 1. The van der Waals surface area contributed by atoms with E-state index in [1.54, 1.807) is 18.5 Å². The molecule has 0 unspecified atom stereocenters. The van der Waals surface area contributed by atoms with Crippen molar-refractivity contribution >= 4 is 22.7 Å². The molecule has 1 saturated heterocycles. The number of aliphatic hydroxyl groups excluding tert-OH is 1. The van der Waals surface area contributed by atoms with Gasteiger partial charge in [-0.1, -0.05) is 0 Å².